The number of ether oxygens (including phenoxy) is 1. The molecule has 0 radical (unpaired) electrons. The number of aryl methyl sites for hydroxylation is 1. The molecule has 21 heavy (non-hydrogen) atoms. The summed E-state index contributed by atoms with van der Waals surface area (Å²) < 4.78 is 5.20. The van der Waals surface area contributed by atoms with Gasteiger partial charge in [-0.2, -0.15) is 0 Å². The topological polar surface area (TPSA) is 9.23 Å². The molecule has 0 heterocycles. The zero-order valence-electron chi connectivity index (χ0n) is 12.8. The van der Waals surface area contributed by atoms with Crippen LogP contribution < -0.4 is 4.74 Å². The molecule has 3 rings (SSSR count). The third kappa shape index (κ3) is 3.36. The molecule has 0 aliphatic heterocycles. The van der Waals surface area contributed by atoms with E-state index in [9.17, 15) is 0 Å². The van der Waals surface area contributed by atoms with Gasteiger partial charge < -0.3 is 4.74 Å². The Hall–Kier alpha value is -2.02. The van der Waals surface area contributed by atoms with Crippen molar-refractivity contribution in [3.05, 3.63) is 71.3 Å². The van der Waals surface area contributed by atoms with Crippen LogP contribution in [0.2, 0.25) is 0 Å². The normalized spacial score (nSPS) is 19.2. The average Bonchev–Trinajstić information content (AvgIpc) is 3.33. The first-order chi connectivity index (χ1) is 10.3. The minimum atomic E-state index is 0.785. The molecule has 0 amide bonds. The molecule has 2 aromatic carbocycles. The quantitative estimate of drug-likeness (QED) is 0.737. The maximum Gasteiger partial charge on any atom is 0.118 e. The molecular formula is C20H22O. The van der Waals surface area contributed by atoms with Crippen molar-refractivity contribution in [1.82, 2.24) is 0 Å². The van der Waals surface area contributed by atoms with Crippen molar-refractivity contribution in [2.45, 2.75) is 26.2 Å². The lowest BCUT2D eigenvalue weighted by Gasteiger charge is -2.03. The SMILES string of the molecule is COc1ccc(CCC2C/C2=C(\C)c2ccccc2)cc1. The van der Waals surface area contributed by atoms with Crippen LogP contribution in [0.15, 0.2) is 60.2 Å². The fourth-order valence-corrected chi connectivity index (χ4v) is 2.95. The molecule has 0 aromatic heterocycles. The number of rotatable bonds is 5. The van der Waals surface area contributed by atoms with E-state index in [2.05, 4.69) is 49.4 Å². The fraction of sp³-hybridized carbons (Fsp3) is 0.300. The van der Waals surface area contributed by atoms with Crippen molar-refractivity contribution in [1.29, 1.82) is 0 Å². The predicted octanol–water partition coefficient (Wildman–Crippen LogP) is 5.12. The van der Waals surface area contributed by atoms with Crippen molar-refractivity contribution < 1.29 is 4.74 Å². The number of allylic oxidation sites excluding steroid dienone is 2. The molecule has 0 saturated heterocycles. The third-order valence-electron chi connectivity index (χ3n) is 4.43. The van der Waals surface area contributed by atoms with E-state index < -0.39 is 0 Å². The van der Waals surface area contributed by atoms with Gasteiger partial charge in [-0.25, -0.2) is 0 Å². The zero-order valence-corrected chi connectivity index (χ0v) is 12.8. The van der Waals surface area contributed by atoms with E-state index in [-0.39, 0.29) is 0 Å². The molecule has 1 heteroatoms. The Morgan fingerprint density at radius 3 is 2.43 bits per heavy atom. The number of hydrogen-bond donors (Lipinski definition) is 0. The van der Waals surface area contributed by atoms with Gasteiger partial charge in [0.15, 0.2) is 0 Å². The molecule has 1 atom stereocenters. The van der Waals surface area contributed by atoms with Gasteiger partial charge in [0.25, 0.3) is 0 Å². The van der Waals surface area contributed by atoms with E-state index in [0.717, 1.165) is 18.1 Å². The summed E-state index contributed by atoms with van der Waals surface area (Å²) in [5.41, 5.74) is 5.91. The van der Waals surface area contributed by atoms with Gasteiger partial charge in [-0.1, -0.05) is 48.0 Å². The lowest BCUT2D eigenvalue weighted by Crippen LogP contribution is -1.88. The molecule has 1 aliphatic carbocycles. The molecule has 1 fully saturated rings. The Bertz CT molecular complexity index is 623. The van der Waals surface area contributed by atoms with Gasteiger partial charge in [0.05, 0.1) is 7.11 Å². The Morgan fingerprint density at radius 1 is 1.05 bits per heavy atom. The summed E-state index contributed by atoms with van der Waals surface area (Å²) in [6.45, 7) is 2.26. The number of hydrogen-bond acceptors (Lipinski definition) is 1. The smallest absolute Gasteiger partial charge is 0.118 e. The highest BCUT2D eigenvalue weighted by molar-refractivity contribution is 5.70. The molecule has 0 spiro atoms. The summed E-state index contributed by atoms with van der Waals surface area (Å²) in [5.74, 6) is 1.72. The Balaban J connectivity index is 1.58. The molecule has 0 bridgehead atoms. The third-order valence-corrected chi connectivity index (χ3v) is 4.43. The van der Waals surface area contributed by atoms with Gasteiger partial charge in [0, 0.05) is 0 Å². The van der Waals surface area contributed by atoms with Crippen molar-refractivity contribution in [3.63, 3.8) is 0 Å². The maximum atomic E-state index is 5.20. The van der Waals surface area contributed by atoms with Crippen LogP contribution in [0, 0.1) is 5.92 Å². The molecule has 1 unspecified atom stereocenters. The van der Waals surface area contributed by atoms with E-state index in [1.54, 1.807) is 12.7 Å². The lowest BCUT2D eigenvalue weighted by atomic mass is 10.0. The van der Waals surface area contributed by atoms with E-state index >= 15 is 0 Å². The summed E-state index contributed by atoms with van der Waals surface area (Å²) >= 11 is 0. The van der Waals surface area contributed by atoms with Crippen LogP contribution in [-0.2, 0) is 6.42 Å². The van der Waals surface area contributed by atoms with Crippen molar-refractivity contribution in [3.8, 4) is 5.75 Å². The summed E-state index contributed by atoms with van der Waals surface area (Å²) in [6, 6.07) is 19.2. The van der Waals surface area contributed by atoms with E-state index in [0.29, 0.717) is 0 Å². The summed E-state index contributed by atoms with van der Waals surface area (Å²) in [5, 5.41) is 0. The van der Waals surface area contributed by atoms with Gasteiger partial charge in [-0.05, 0) is 60.9 Å². The highest BCUT2D eigenvalue weighted by Gasteiger charge is 2.31. The van der Waals surface area contributed by atoms with Gasteiger partial charge in [0.1, 0.15) is 5.75 Å². The Labute approximate surface area is 127 Å². The number of methoxy groups -OCH3 is 1. The van der Waals surface area contributed by atoms with Crippen molar-refractivity contribution in [2.75, 3.05) is 7.11 Å². The van der Waals surface area contributed by atoms with Crippen LogP contribution in [0.25, 0.3) is 5.57 Å². The molecule has 0 N–H and O–H groups in total. The molecule has 2 aromatic rings. The second-order valence-electron chi connectivity index (χ2n) is 5.80. The average molecular weight is 278 g/mol. The van der Waals surface area contributed by atoms with Crippen LogP contribution >= 0.6 is 0 Å². The molecular weight excluding hydrogens is 256 g/mol. The van der Waals surface area contributed by atoms with Crippen LogP contribution in [0.3, 0.4) is 0 Å². The van der Waals surface area contributed by atoms with Crippen LogP contribution in [0.4, 0.5) is 0 Å². The summed E-state index contributed by atoms with van der Waals surface area (Å²) in [4.78, 5) is 0. The monoisotopic (exact) mass is 278 g/mol. The largest absolute Gasteiger partial charge is 0.497 e. The van der Waals surface area contributed by atoms with Gasteiger partial charge in [-0.3, -0.25) is 0 Å². The van der Waals surface area contributed by atoms with Crippen LogP contribution in [-0.4, -0.2) is 7.11 Å². The Morgan fingerprint density at radius 2 is 1.76 bits per heavy atom. The number of benzene rings is 2. The van der Waals surface area contributed by atoms with E-state index in [1.165, 1.54) is 29.5 Å². The standard InChI is InChI=1S/C20H22O/c1-15(17-6-4-3-5-7-17)20-14-18(20)11-8-16-9-12-19(21-2)13-10-16/h3-7,9-10,12-13,18H,8,11,14H2,1-2H3/b20-15-. The first-order valence-corrected chi connectivity index (χ1v) is 7.66. The highest BCUT2D eigenvalue weighted by Crippen LogP contribution is 2.46. The first-order valence-electron chi connectivity index (χ1n) is 7.66. The minimum Gasteiger partial charge on any atom is -0.497 e. The first kappa shape index (κ1) is 13.9. The maximum absolute atomic E-state index is 5.20. The fourth-order valence-electron chi connectivity index (χ4n) is 2.95. The minimum absolute atomic E-state index is 0.785. The van der Waals surface area contributed by atoms with Gasteiger partial charge in [-0.15, -0.1) is 0 Å². The zero-order chi connectivity index (χ0) is 14.7. The molecule has 1 saturated carbocycles. The predicted molar refractivity (Wildman–Crippen MR) is 88.5 cm³/mol. The molecule has 108 valence electrons. The highest BCUT2D eigenvalue weighted by atomic mass is 16.5. The summed E-state index contributed by atoms with van der Waals surface area (Å²) in [6.07, 6.45) is 3.68. The van der Waals surface area contributed by atoms with E-state index in [1.807, 2.05) is 12.1 Å². The van der Waals surface area contributed by atoms with Crippen LogP contribution in [0.1, 0.15) is 30.9 Å². The van der Waals surface area contributed by atoms with Crippen molar-refractivity contribution >= 4 is 5.57 Å². The van der Waals surface area contributed by atoms with Crippen molar-refractivity contribution in [2.24, 2.45) is 5.92 Å². The van der Waals surface area contributed by atoms with Crippen LogP contribution in [0.5, 0.6) is 5.75 Å². The van der Waals surface area contributed by atoms with Gasteiger partial charge >= 0.3 is 0 Å². The van der Waals surface area contributed by atoms with Gasteiger partial charge in [0.2, 0.25) is 0 Å². The molecule has 1 nitrogen and oxygen atoms in total. The molecule has 1 aliphatic rings. The second kappa shape index (κ2) is 6.17. The second-order valence-corrected chi connectivity index (χ2v) is 5.80. The lowest BCUT2D eigenvalue weighted by molar-refractivity contribution is 0.414. The summed E-state index contributed by atoms with van der Waals surface area (Å²) in [7, 11) is 1.71. The Kier molecular flexibility index (Phi) is 4.10. The van der Waals surface area contributed by atoms with E-state index in [4.69, 9.17) is 4.74 Å².